The summed E-state index contributed by atoms with van der Waals surface area (Å²) in [5.41, 5.74) is 2.74. The van der Waals surface area contributed by atoms with Crippen LogP contribution in [-0.2, 0) is 11.3 Å². The van der Waals surface area contributed by atoms with Crippen LogP contribution in [0.5, 0.6) is 0 Å². The number of rotatable bonds is 6. The maximum Gasteiger partial charge on any atom is 0.254 e. The second-order valence-electron chi connectivity index (χ2n) is 10.1. The lowest BCUT2D eigenvalue weighted by molar-refractivity contribution is 0.0759. The number of aromatic nitrogens is 2. The third-order valence-corrected chi connectivity index (χ3v) is 7.17. The van der Waals surface area contributed by atoms with Gasteiger partial charge in [0.2, 0.25) is 0 Å². The van der Waals surface area contributed by atoms with Crippen LogP contribution < -0.4 is 10.2 Å². The smallest absolute Gasteiger partial charge is 0.254 e. The third-order valence-electron chi connectivity index (χ3n) is 7.17. The zero-order chi connectivity index (χ0) is 30.6. The predicted molar refractivity (Wildman–Crippen MR) is 166 cm³/mol. The summed E-state index contributed by atoms with van der Waals surface area (Å²) < 4.78 is 33.0. The van der Waals surface area contributed by atoms with Gasteiger partial charge in [-0.2, -0.15) is 0 Å². The van der Waals surface area contributed by atoms with Gasteiger partial charge in [-0.1, -0.05) is 27.7 Å². The molecule has 0 aliphatic carbocycles. The Kier molecular flexibility index (Phi) is 12.9. The van der Waals surface area contributed by atoms with Crippen LogP contribution in [0.25, 0.3) is 11.0 Å². The molecular formula is C32H46F2N6O2. The first-order chi connectivity index (χ1) is 20.4. The maximum atomic E-state index is 13.8. The molecule has 0 unspecified atom stereocenters. The Bertz CT molecular complexity index is 1280. The third kappa shape index (κ3) is 8.58. The highest BCUT2D eigenvalue weighted by molar-refractivity contribution is 6.01. The van der Waals surface area contributed by atoms with E-state index in [1.54, 1.807) is 18.3 Å². The predicted octanol–water partition coefficient (Wildman–Crippen LogP) is 5.97. The summed E-state index contributed by atoms with van der Waals surface area (Å²) in [6.45, 7) is 18.3. The Morgan fingerprint density at radius 1 is 0.929 bits per heavy atom. The topological polar surface area (TPSA) is 73.8 Å². The quantitative estimate of drug-likeness (QED) is 0.383. The van der Waals surface area contributed by atoms with Gasteiger partial charge >= 0.3 is 0 Å². The summed E-state index contributed by atoms with van der Waals surface area (Å²) in [5.74, 6) is -0.611. The van der Waals surface area contributed by atoms with Gasteiger partial charge in [0.05, 0.1) is 30.6 Å². The first kappa shape index (κ1) is 33.1. The van der Waals surface area contributed by atoms with E-state index >= 15 is 0 Å². The number of nitrogens with zero attached hydrogens (tertiary/aromatic N) is 5. The van der Waals surface area contributed by atoms with Gasteiger partial charge in [-0.3, -0.25) is 14.7 Å². The largest absolute Gasteiger partial charge is 0.379 e. The second kappa shape index (κ2) is 16.3. The molecule has 2 aromatic carbocycles. The van der Waals surface area contributed by atoms with Crippen molar-refractivity contribution < 1.29 is 18.3 Å². The van der Waals surface area contributed by atoms with Gasteiger partial charge in [-0.15, -0.1) is 0 Å². The highest BCUT2D eigenvalue weighted by atomic mass is 19.1. The molecule has 42 heavy (non-hydrogen) atoms. The van der Waals surface area contributed by atoms with E-state index in [9.17, 15) is 13.6 Å². The standard InChI is InChI=1S/C28H34F2N6O2.2C2H6/c1-19(2)34-4-3-5-36(7-6-34)28(37)21-14-24(31-17-20-12-22(29)16-23(30)13-20)27-25(15-21)32-18-26(33-27)35-8-10-38-11-9-35;2*1-2/h12-16,18-19,31H,3-11,17H2,1-2H3;2*1-2H3. The number of benzene rings is 2. The summed E-state index contributed by atoms with van der Waals surface area (Å²) in [4.78, 5) is 29.5. The Morgan fingerprint density at radius 3 is 2.29 bits per heavy atom. The Hall–Kier alpha value is -3.37. The van der Waals surface area contributed by atoms with E-state index in [-0.39, 0.29) is 12.5 Å². The summed E-state index contributed by atoms with van der Waals surface area (Å²) in [7, 11) is 0. The number of hydrogen-bond acceptors (Lipinski definition) is 7. The van der Waals surface area contributed by atoms with Crippen molar-refractivity contribution >= 4 is 28.4 Å². The van der Waals surface area contributed by atoms with Crippen molar-refractivity contribution in [3.8, 4) is 0 Å². The monoisotopic (exact) mass is 584 g/mol. The number of carbonyl (C=O) groups is 1. The summed E-state index contributed by atoms with van der Waals surface area (Å²) >= 11 is 0. The van der Waals surface area contributed by atoms with Crippen LogP contribution in [0, 0.1) is 11.6 Å². The Labute approximate surface area is 249 Å². The molecule has 0 atom stereocenters. The Morgan fingerprint density at radius 2 is 1.62 bits per heavy atom. The van der Waals surface area contributed by atoms with Crippen molar-refractivity contribution in [2.24, 2.45) is 0 Å². The molecule has 1 amide bonds. The fourth-order valence-corrected chi connectivity index (χ4v) is 5.06. The van der Waals surface area contributed by atoms with Crippen LogP contribution in [0.3, 0.4) is 0 Å². The number of morpholine rings is 1. The molecule has 5 rings (SSSR count). The second-order valence-corrected chi connectivity index (χ2v) is 10.1. The molecule has 2 aliphatic rings. The zero-order valence-corrected chi connectivity index (χ0v) is 25.9. The SMILES string of the molecule is CC.CC.CC(C)N1CCCN(C(=O)c2cc(NCc3cc(F)cc(F)c3)c3nc(N4CCOCC4)cnc3c2)CC1. The minimum Gasteiger partial charge on any atom is -0.379 e. The molecule has 3 heterocycles. The average Bonchev–Trinajstić information content (AvgIpc) is 3.28. The van der Waals surface area contributed by atoms with Crippen molar-refractivity contribution in [3.63, 3.8) is 0 Å². The van der Waals surface area contributed by atoms with Gasteiger partial charge in [-0.05, 0) is 50.1 Å². The minimum atomic E-state index is -0.637. The van der Waals surface area contributed by atoms with E-state index in [2.05, 4.69) is 33.9 Å². The van der Waals surface area contributed by atoms with Crippen LogP contribution in [0.4, 0.5) is 20.3 Å². The zero-order valence-electron chi connectivity index (χ0n) is 25.9. The van der Waals surface area contributed by atoms with Crippen molar-refractivity contribution in [1.29, 1.82) is 0 Å². The van der Waals surface area contributed by atoms with Crippen LogP contribution >= 0.6 is 0 Å². The summed E-state index contributed by atoms with van der Waals surface area (Å²) in [6.07, 6.45) is 2.64. The lowest BCUT2D eigenvalue weighted by Crippen LogP contribution is -2.37. The number of hydrogen-bond donors (Lipinski definition) is 1. The van der Waals surface area contributed by atoms with Gasteiger partial charge in [-0.25, -0.2) is 13.8 Å². The van der Waals surface area contributed by atoms with Crippen molar-refractivity contribution in [3.05, 3.63) is 59.3 Å². The average molecular weight is 585 g/mol. The van der Waals surface area contributed by atoms with Crippen LogP contribution in [0.2, 0.25) is 0 Å². The first-order valence-corrected chi connectivity index (χ1v) is 15.2. The van der Waals surface area contributed by atoms with Crippen LogP contribution in [-0.4, -0.2) is 84.2 Å². The molecule has 3 aromatic rings. The van der Waals surface area contributed by atoms with Gasteiger partial charge < -0.3 is 19.9 Å². The van der Waals surface area contributed by atoms with Gasteiger partial charge in [0, 0.05) is 63.5 Å². The molecular weight excluding hydrogens is 538 g/mol. The van der Waals surface area contributed by atoms with E-state index in [4.69, 9.17) is 9.72 Å². The molecule has 1 aromatic heterocycles. The van der Waals surface area contributed by atoms with Gasteiger partial charge in [0.15, 0.2) is 0 Å². The van der Waals surface area contributed by atoms with Crippen LogP contribution in [0.15, 0.2) is 36.5 Å². The molecule has 0 radical (unpaired) electrons. The maximum absolute atomic E-state index is 13.8. The molecule has 0 bridgehead atoms. The lowest BCUT2D eigenvalue weighted by atomic mass is 10.1. The minimum absolute atomic E-state index is 0.0589. The highest BCUT2D eigenvalue weighted by Gasteiger charge is 2.23. The Balaban J connectivity index is 0.00000116. The van der Waals surface area contributed by atoms with Crippen LogP contribution in [0.1, 0.15) is 63.9 Å². The number of halogens is 2. The van der Waals surface area contributed by atoms with Gasteiger partial charge in [0.25, 0.3) is 5.91 Å². The van der Waals surface area contributed by atoms with E-state index in [0.29, 0.717) is 73.3 Å². The van der Waals surface area contributed by atoms with E-state index in [1.807, 2.05) is 32.6 Å². The molecule has 1 N–H and O–H groups in total. The highest BCUT2D eigenvalue weighted by Crippen LogP contribution is 2.27. The van der Waals surface area contributed by atoms with Crippen molar-refractivity contribution in [1.82, 2.24) is 19.8 Å². The number of fused-ring (bicyclic) bond motifs is 1. The number of nitrogens with one attached hydrogen (secondary N) is 1. The molecule has 8 nitrogen and oxygen atoms in total. The number of amides is 1. The van der Waals surface area contributed by atoms with Crippen molar-refractivity contribution in [2.75, 3.05) is 62.7 Å². The first-order valence-electron chi connectivity index (χ1n) is 15.2. The molecule has 10 heteroatoms. The summed E-state index contributed by atoms with van der Waals surface area (Å²) in [5, 5.41) is 3.26. The van der Waals surface area contributed by atoms with E-state index in [1.165, 1.54) is 12.1 Å². The molecule has 0 saturated carbocycles. The number of anilines is 2. The number of carbonyl (C=O) groups excluding carboxylic acids is 1. The molecule has 2 fully saturated rings. The molecule has 2 aliphatic heterocycles. The number of ether oxygens (including phenoxy) is 1. The lowest BCUT2D eigenvalue weighted by Gasteiger charge is -2.28. The van der Waals surface area contributed by atoms with Crippen molar-refractivity contribution in [2.45, 2.75) is 60.5 Å². The van der Waals surface area contributed by atoms with Gasteiger partial charge in [0.1, 0.15) is 23.0 Å². The fraction of sp³-hybridized carbons (Fsp3) is 0.531. The molecule has 230 valence electrons. The molecule has 0 spiro atoms. The normalized spacial score (nSPS) is 15.8. The van der Waals surface area contributed by atoms with E-state index < -0.39 is 11.6 Å². The fourth-order valence-electron chi connectivity index (χ4n) is 5.06. The molecule has 2 saturated heterocycles. The van der Waals surface area contributed by atoms with E-state index in [0.717, 1.165) is 31.4 Å². The summed E-state index contributed by atoms with van der Waals surface area (Å²) in [6, 6.07) is 7.42.